The lowest BCUT2D eigenvalue weighted by atomic mass is 10.1. The van der Waals surface area contributed by atoms with E-state index in [0.717, 1.165) is 5.56 Å². The number of benzene rings is 1. The molecule has 1 aromatic heterocycles. The second kappa shape index (κ2) is 5.69. The van der Waals surface area contributed by atoms with Gasteiger partial charge in [0.25, 0.3) is 5.56 Å². The fourth-order valence-electron chi connectivity index (χ4n) is 1.66. The lowest BCUT2D eigenvalue weighted by Crippen LogP contribution is -2.24. The molecular weight excluding hydrogens is 250 g/mol. The van der Waals surface area contributed by atoms with Crippen molar-refractivity contribution in [3.05, 3.63) is 58.6 Å². The summed E-state index contributed by atoms with van der Waals surface area (Å²) in [6.07, 6.45) is 3.20. The van der Waals surface area contributed by atoms with Crippen LogP contribution in [0.15, 0.2) is 47.5 Å². The molecule has 0 radical (unpaired) electrons. The van der Waals surface area contributed by atoms with Crippen LogP contribution in [-0.4, -0.2) is 15.4 Å². The Morgan fingerprint density at radius 1 is 1.39 bits per heavy atom. The Labute approximate surface area is 110 Å². The van der Waals surface area contributed by atoms with Gasteiger partial charge in [-0.2, -0.15) is 0 Å². The summed E-state index contributed by atoms with van der Waals surface area (Å²) in [6.45, 7) is 0. The second-order valence-corrected chi connectivity index (χ2v) is 4.26. The molecule has 1 unspecified atom stereocenters. The van der Waals surface area contributed by atoms with Crippen LogP contribution in [0.3, 0.4) is 0 Å². The van der Waals surface area contributed by atoms with Gasteiger partial charge in [0.15, 0.2) is 5.82 Å². The first-order chi connectivity index (χ1) is 8.72. The summed E-state index contributed by atoms with van der Waals surface area (Å²) >= 11 is 5.94. The summed E-state index contributed by atoms with van der Waals surface area (Å²) < 4.78 is 1.48. The number of aryl methyl sites for hydroxylation is 1. The minimum Gasteiger partial charge on any atom is -0.357 e. The second-order valence-electron chi connectivity index (χ2n) is 3.95. The Kier molecular flexibility index (Phi) is 3.99. The maximum Gasteiger partial charge on any atom is 0.293 e. The molecule has 2 aromatic rings. The summed E-state index contributed by atoms with van der Waals surface area (Å²) in [5.41, 5.74) is 0.865. The van der Waals surface area contributed by atoms with Crippen LogP contribution < -0.4 is 10.9 Å². The third-order valence-electron chi connectivity index (χ3n) is 2.68. The van der Waals surface area contributed by atoms with Crippen LogP contribution in [0.25, 0.3) is 0 Å². The first-order valence-electron chi connectivity index (χ1n) is 5.61. The number of rotatable bonds is 4. The average molecular weight is 264 g/mol. The number of aromatic nitrogens is 2. The van der Waals surface area contributed by atoms with Gasteiger partial charge in [0.2, 0.25) is 0 Å². The van der Waals surface area contributed by atoms with E-state index in [9.17, 15) is 4.79 Å². The Morgan fingerprint density at radius 3 is 2.78 bits per heavy atom. The van der Waals surface area contributed by atoms with Crippen molar-refractivity contribution < 1.29 is 0 Å². The monoisotopic (exact) mass is 263 g/mol. The summed E-state index contributed by atoms with van der Waals surface area (Å²) in [5, 5.41) is 3.08. The maximum atomic E-state index is 11.8. The highest BCUT2D eigenvalue weighted by atomic mass is 35.5. The molecule has 1 N–H and O–H groups in total. The third-order valence-corrected chi connectivity index (χ3v) is 2.99. The molecule has 1 heterocycles. The van der Waals surface area contributed by atoms with E-state index in [1.165, 1.54) is 4.57 Å². The van der Waals surface area contributed by atoms with Crippen LogP contribution in [0.4, 0.5) is 5.82 Å². The van der Waals surface area contributed by atoms with Crippen LogP contribution in [0.1, 0.15) is 11.6 Å². The van der Waals surface area contributed by atoms with Gasteiger partial charge in [0, 0.05) is 25.3 Å². The molecule has 0 aliphatic rings. The number of anilines is 1. The van der Waals surface area contributed by atoms with Crippen molar-refractivity contribution in [3.8, 4) is 0 Å². The molecule has 1 atom stereocenters. The number of hydrogen-bond donors (Lipinski definition) is 1. The Bertz CT molecular complexity index is 568. The van der Waals surface area contributed by atoms with Crippen molar-refractivity contribution in [1.29, 1.82) is 0 Å². The van der Waals surface area contributed by atoms with E-state index < -0.39 is 0 Å². The summed E-state index contributed by atoms with van der Waals surface area (Å²) in [6, 6.07) is 9.62. The van der Waals surface area contributed by atoms with E-state index in [2.05, 4.69) is 10.3 Å². The number of nitrogens with zero attached hydrogens (tertiary/aromatic N) is 2. The third kappa shape index (κ3) is 2.71. The average Bonchev–Trinajstić information content (AvgIpc) is 2.41. The fraction of sp³-hybridized carbons (Fsp3) is 0.231. The fourth-order valence-corrected chi connectivity index (χ4v) is 1.91. The van der Waals surface area contributed by atoms with Gasteiger partial charge in [0.1, 0.15) is 0 Å². The van der Waals surface area contributed by atoms with E-state index >= 15 is 0 Å². The standard InChI is InChI=1S/C13H14ClN3O/c1-17-8-7-15-12(13(17)18)16-11(9-14)10-5-3-2-4-6-10/h2-8,11H,9H2,1H3,(H,15,16). The minimum absolute atomic E-state index is 0.129. The quantitative estimate of drug-likeness (QED) is 0.860. The summed E-state index contributed by atoms with van der Waals surface area (Å²) in [7, 11) is 1.69. The van der Waals surface area contributed by atoms with Crippen molar-refractivity contribution in [1.82, 2.24) is 9.55 Å². The number of alkyl halides is 1. The van der Waals surface area contributed by atoms with E-state index in [1.54, 1.807) is 19.4 Å². The van der Waals surface area contributed by atoms with E-state index in [4.69, 9.17) is 11.6 Å². The van der Waals surface area contributed by atoms with Gasteiger partial charge in [-0.3, -0.25) is 4.79 Å². The molecule has 4 nitrogen and oxygen atoms in total. The van der Waals surface area contributed by atoms with Gasteiger partial charge >= 0.3 is 0 Å². The minimum atomic E-state index is -0.163. The lowest BCUT2D eigenvalue weighted by Gasteiger charge is -2.16. The van der Waals surface area contributed by atoms with E-state index in [1.807, 2.05) is 30.3 Å². The van der Waals surface area contributed by atoms with Gasteiger partial charge in [-0.15, -0.1) is 11.6 Å². The molecule has 5 heteroatoms. The predicted molar refractivity (Wildman–Crippen MR) is 73.0 cm³/mol. The maximum absolute atomic E-state index is 11.8. The zero-order chi connectivity index (χ0) is 13.0. The van der Waals surface area contributed by atoms with Crippen molar-refractivity contribution in [2.24, 2.45) is 7.05 Å². The van der Waals surface area contributed by atoms with Gasteiger partial charge in [-0.05, 0) is 5.56 Å². The van der Waals surface area contributed by atoms with Crippen LogP contribution in [-0.2, 0) is 7.05 Å². The highest BCUT2D eigenvalue weighted by molar-refractivity contribution is 6.18. The van der Waals surface area contributed by atoms with Crippen molar-refractivity contribution >= 4 is 17.4 Å². The van der Waals surface area contributed by atoms with Crippen LogP contribution in [0.2, 0.25) is 0 Å². The molecule has 0 fully saturated rings. The normalized spacial score (nSPS) is 12.1. The van der Waals surface area contributed by atoms with Crippen molar-refractivity contribution in [2.45, 2.75) is 6.04 Å². The summed E-state index contributed by atoms with van der Waals surface area (Å²) in [5.74, 6) is 0.679. The summed E-state index contributed by atoms with van der Waals surface area (Å²) in [4.78, 5) is 15.9. The highest BCUT2D eigenvalue weighted by Gasteiger charge is 2.12. The molecule has 94 valence electrons. The predicted octanol–water partition coefficient (Wildman–Crippen LogP) is 2.17. The molecule has 1 aromatic carbocycles. The van der Waals surface area contributed by atoms with Gasteiger partial charge in [0.05, 0.1) is 6.04 Å². The van der Waals surface area contributed by atoms with Gasteiger partial charge < -0.3 is 9.88 Å². The molecule has 0 spiro atoms. The van der Waals surface area contributed by atoms with Crippen molar-refractivity contribution in [2.75, 3.05) is 11.2 Å². The molecule has 0 saturated carbocycles. The molecule has 18 heavy (non-hydrogen) atoms. The molecule has 0 aliphatic heterocycles. The van der Waals surface area contributed by atoms with E-state index in [0.29, 0.717) is 11.7 Å². The molecule has 0 saturated heterocycles. The number of nitrogens with one attached hydrogen (secondary N) is 1. The Hall–Kier alpha value is -1.81. The molecule has 0 bridgehead atoms. The van der Waals surface area contributed by atoms with Crippen LogP contribution in [0.5, 0.6) is 0 Å². The molecule has 2 rings (SSSR count). The molecule has 0 amide bonds. The van der Waals surface area contributed by atoms with Gasteiger partial charge in [-0.25, -0.2) is 4.98 Å². The highest BCUT2D eigenvalue weighted by Crippen LogP contribution is 2.17. The van der Waals surface area contributed by atoms with Crippen molar-refractivity contribution in [3.63, 3.8) is 0 Å². The molecule has 0 aliphatic carbocycles. The largest absolute Gasteiger partial charge is 0.357 e. The zero-order valence-electron chi connectivity index (χ0n) is 10.0. The first kappa shape index (κ1) is 12.6. The van der Waals surface area contributed by atoms with Crippen LogP contribution >= 0.6 is 11.6 Å². The first-order valence-corrected chi connectivity index (χ1v) is 6.15. The smallest absolute Gasteiger partial charge is 0.293 e. The Morgan fingerprint density at radius 2 is 2.11 bits per heavy atom. The lowest BCUT2D eigenvalue weighted by molar-refractivity contribution is 0.816. The van der Waals surface area contributed by atoms with E-state index in [-0.39, 0.29) is 11.6 Å². The number of halogens is 1. The van der Waals surface area contributed by atoms with Gasteiger partial charge in [-0.1, -0.05) is 30.3 Å². The zero-order valence-corrected chi connectivity index (χ0v) is 10.8. The van der Waals surface area contributed by atoms with Crippen LogP contribution in [0, 0.1) is 0 Å². The molecular formula is C13H14ClN3O. The SMILES string of the molecule is Cn1ccnc(NC(CCl)c2ccccc2)c1=O. The topological polar surface area (TPSA) is 46.9 Å². The Balaban J connectivity index is 2.27. The number of hydrogen-bond acceptors (Lipinski definition) is 3.